The van der Waals surface area contributed by atoms with Gasteiger partial charge in [-0.2, -0.15) is 0 Å². The Morgan fingerprint density at radius 3 is 1.17 bits per heavy atom. The van der Waals surface area contributed by atoms with Crippen molar-refractivity contribution in [2.75, 3.05) is 110 Å². The zero-order valence-electron chi connectivity index (χ0n) is 69.3. The van der Waals surface area contributed by atoms with Crippen molar-refractivity contribution in [2.24, 2.45) is 0 Å². The maximum atomic E-state index is 12.3. The van der Waals surface area contributed by atoms with Crippen LogP contribution in [0.25, 0.3) is 62.3 Å². The molecular weight excluding hydrogens is 1590 g/mol. The Kier molecular flexibility index (Phi) is 28.5. The first kappa shape index (κ1) is 85.7. The predicted molar refractivity (Wildman–Crippen MR) is 469 cm³/mol. The number of aliphatic hydroxyl groups excluding tert-OH is 4. The van der Waals surface area contributed by atoms with Crippen molar-refractivity contribution in [3.05, 3.63) is 319 Å². The lowest BCUT2D eigenvalue weighted by Gasteiger charge is -2.37. The van der Waals surface area contributed by atoms with Gasteiger partial charge in [0, 0.05) is 96.4 Å². The van der Waals surface area contributed by atoms with Crippen molar-refractivity contribution >= 4 is 108 Å². The maximum Gasteiger partial charge on any atom is 1.00 e. The Bertz CT molecular complexity index is 5690. The largest absolute Gasteiger partial charge is 1.00 e. The molecule has 25 heteroatoms. The van der Waals surface area contributed by atoms with Gasteiger partial charge in [0.25, 0.3) is 0 Å². The number of hydrogen-bond acceptors (Lipinski definition) is 25. The Morgan fingerprint density at radius 2 is 0.655 bits per heavy atom. The van der Waals surface area contributed by atoms with E-state index in [1.165, 1.54) is 4.90 Å². The van der Waals surface area contributed by atoms with Crippen molar-refractivity contribution in [1.82, 2.24) is 0 Å². The van der Waals surface area contributed by atoms with Crippen LogP contribution in [0.4, 0.5) is 0 Å². The minimum atomic E-state index is -0.883. The predicted octanol–water partition coefficient (Wildman–Crippen LogP) is 18.2. The topological polar surface area (TPSA) is 265 Å². The molecule has 5 aliphatic heterocycles. The molecule has 5 aliphatic rings. The Balaban J connectivity index is 0.000000150. The van der Waals surface area contributed by atoms with E-state index in [2.05, 4.69) is 24.3 Å². The highest BCUT2D eigenvalue weighted by Crippen LogP contribution is 2.55. The summed E-state index contributed by atoms with van der Waals surface area (Å²) in [5.41, 5.74) is 7.20. The first-order valence-corrected chi connectivity index (χ1v) is 40.9. The fourth-order valence-corrected chi connectivity index (χ4v) is 18.3. The van der Waals surface area contributed by atoms with Gasteiger partial charge in [0.05, 0.1) is 117 Å². The number of methoxy groups -OCH3 is 8. The molecule has 0 radical (unpaired) electrons. The molecule has 0 amide bonds. The molecular formula is C94H89O21S4+3. The standard InChI is InChI=1S/C16H14O4.C16H14O3S.C16H16O3S.C14H10O3.2C14H10O2S.2C2H6O2/c2*1-17-11-6-7-15-13(10-11)16(18-8-9-19-16)12-4-2-3-5-14(12)20-15;1-17-11-8-9-15-13(10-11)16(18-2,19-3)12-6-4-5-7-14(12)20-15;3*1-16-9-6-7-13-11(8-9)14(15)10-4-2-3-5-12(10)17-13;2*3-1-2-4/h2*2-7,10H,8-9H2,1H3;4-10H,1-3H3;3*2-8H,1H3;2*3-4H,1-2H2/p+3. The van der Waals surface area contributed by atoms with Crippen LogP contribution in [0.2, 0.25) is 0 Å². The van der Waals surface area contributed by atoms with Crippen LogP contribution in [-0.4, -0.2) is 130 Å². The van der Waals surface area contributed by atoms with E-state index in [0.717, 1.165) is 129 Å². The molecule has 119 heavy (non-hydrogen) atoms. The Labute approximate surface area is 706 Å². The van der Waals surface area contributed by atoms with Gasteiger partial charge < -0.3 is 86.4 Å². The van der Waals surface area contributed by atoms with Gasteiger partial charge in [0.1, 0.15) is 57.2 Å². The number of para-hydroxylation sites is 2. The zero-order chi connectivity index (χ0) is 83.6. The molecule has 0 bridgehead atoms. The van der Waals surface area contributed by atoms with E-state index in [4.69, 9.17) is 86.4 Å². The van der Waals surface area contributed by atoms with Crippen molar-refractivity contribution in [3.63, 3.8) is 0 Å². The zero-order valence-corrected chi connectivity index (χ0v) is 69.5. The molecule has 2 saturated heterocycles. The smallest absolute Gasteiger partial charge is 0.497 e. The van der Waals surface area contributed by atoms with E-state index in [1.54, 1.807) is 146 Å². The van der Waals surface area contributed by atoms with E-state index in [0.29, 0.717) is 54.1 Å². The number of ether oxygens (including phenoxy) is 13. The lowest BCUT2D eigenvalue weighted by atomic mass is 9.93. The molecule has 2 fully saturated rings. The van der Waals surface area contributed by atoms with Gasteiger partial charge >= 0.3 is 4.28 Å². The first-order chi connectivity index (χ1) is 58.1. The van der Waals surface area contributed by atoms with E-state index in [1.807, 2.05) is 188 Å². The summed E-state index contributed by atoms with van der Waals surface area (Å²) in [4.78, 5) is 41.5. The summed E-state index contributed by atoms with van der Waals surface area (Å²) in [6.07, 6.45) is 0. The van der Waals surface area contributed by atoms with Gasteiger partial charge in [-0.3, -0.25) is 14.4 Å². The summed E-state index contributed by atoms with van der Waals surface area (Å²) in [6.45, 7) is 1.83. The van der Waals surface area contributed by atoms with Gasteiger partial charge in [-0.25, -0.2) is 0 Å². The van der Waals surface area contributed by atoms with Gasteiger partial charge in [-0.15, -0.1) is 22.7 Å². The van der Waals surface area contributed by atoms with Crippen LogP contribution in [0.3, 0.4) is 0 Å². The van der Waals surface area contributed by atoms with Gasteiger partial charge in [0.15, 0.2) is 10.9 Å². The average molecular weight is 1680 g/mol. The molecule has 0 atom stereocenters. The maximum absolute atomic E-state index is 12.3. The fraction of sp³-hybridized carbons (Fsp3) is 0.202. The third kappa shape index (κ3) is 18.1. The second-order valence-corrected chi connectivity index (χ2v) is 30.6. The number of rotatable bonds is 10. The quantitative estimate of drug-likeness (QED) is 0.0732. The summed E-state index contributed by atoms with van der Waals surface area (Å²) >= 11 is 6.72. The second-order valence-electron chi connectivity index (χ2n) is 26.3. The van der Waals surface area contributed by atoms with Crippen LogP contribution in [0, 0.1) is 0 Å². The van der Waals surface area contributed by atoms with Crippen molar-refractivity contribution in [1.29, 1.82) is 0 Å². The van der Waals surface area contributed by atoms with Crippen LogP contribution in [0.15, 0.2) is 293 Å². The average Bonchev–Trinajstić information content (AvgIpc) is 1.65. The summed E-state index contributed by atoms with van der Waals surface area (Å²) in [5.74, 6) is 3.44. The van der Waals surface area contributed by atoms with E-state index < -0.39 is 17.4 Å². The minimum absolute atomic E-state index is 0. The minimum Gasteiger partial charge on any atom is -0.497 e. The lowest BCUT2D eigenvalue weighted by molar-refractivity contribution is -0.187. The Hall–Kier alpha value is -11.2. The van der Waals surface area contributed by atoms with E-state index in [9.17, 15) is 14.4 Å². The number of benzene rings is 12. The van der Waals surface area contributed by atoms with Crippen molar-refractivity contribution in [2.45, 2.75) is 36.9 Å². The van der Waals surface area contributed by atoms with Gasteiger partial charge in [-0.1, -0.05) is 108 Å². The molecule has 612 valence electrons. The van der Waals surface area contributed by atoms with Crippen molar-refractivity contribution < 1.29 is 90.7 Å². The first-order valence-electron chi connectivity index (χ1n) is 37.6. The molecule has 12 aromatic carbocycles. The molecule has 0 saturated carbocycles. The SMILES string of the molecule is COc1ccc2c(c1)C(OC)(OC)c1ccccc1S2.COc1ccc2c(c1)C1(OCCO1)c1ccccc1O2.COc1ccc2c(c1)C1(OCCO1)c1ccccc1S2.COc1ccc2oc3ccccc3c(=O)c2c1.COc1ccc2sc3ccccc3c(=O)c2c1.COc1ccc2sc3ccccc3c(=O)c2c1.OCCO.OCCO.[H+].[H+].[H+]. The number of aliphatic hydroxyl groups is 4. The fourth-order valence-electron chi connectivity index (χ4n) is 13.9. The molecule has 15 aromatic rings. The number of fused-ring (bicyclic) bond motifs is 16. The molecule has 4 N–H and O–H groups in total. The third-order valence-electron chi connectivity index (χ3n) is 19.5. The van der Waals surface area contributed by atoms with Gasteiger partial charge in [0.2, 0.25) is 22.8 Å². The highest BCUT2D eigenvalue weighted by molar-refractivity contribution is 7.99. The summed E-state index contributed by atoms with van der Waals surface area (Å²) in [5, 5.41) is 34.6. The van der Waals surface area contributed by atoms with Crippen LogP contribution < -0.4 is 49.4 Å². The van der Waals surface area contributed by atoms with Crippen molar-refractivity contribution in [3.8, 4) is 46.0 Å². The Morgan fingerprint density at radius 1 is 0.311 bits per heavy atom. The monoisotopic (exact) mass is 1680 g/mol. The highest BCUT2D eigenvalue weighted by atomic mass is 32.2. The normalized spacial score (nSPS) is 13.9. The highest BCUT2D eigenvalue weighted by Gasteiger charge is 2.49. The van der Waals surface area contributed by atoms with Crippen LogP contribution >= 0.6 is 46.2 Å². The molecule has 0 unspecified atom stereocenters. The molecule has 8 heterocycles. The molecule has 3 aromatic heterocycles. The van der Waals surface area contributed by atoms with Crippen LogP contribution in [0.1, 0.15) is 37.7 Å². The third-order valence-corrected chi connectivity index (χ3v) is 24.1. The van der Waals surface area contributed by atoms with E-state index in [-0.39, 0.29) is 47.0 Å². The lowest BCUT2D eigenvalue weighted by Crippen LogP contribution is -2.35. The summed E-state index contributed by atoms with van der Waals surface area (Å²) in [7, 11) is 13.1. The molecule has 20 rings (SSSR count). The van der Waals surface area contributed by atoms with E-state index >= 15 is 0 Å². The molecule has 2 spiro atoms. The molecule has 0 aliphatic carbocycles. The van der Waals surface area contributed by atoms with Crippen LogP contribution in [0.5, 0.6) is 46.0 Å². The molecule has 21 nitrogen and oxygen atoms in total. The summed E-state index contributed by atoms with van der Waals surface area (Å²) in [6, 6.07) is 81.0. The summed E-state index contributed by atoms with van der Waals surface area (Å²) < 4.78 is 82.7. The van der Waals surface area contributed by atoms with Gasteiger partial charge in [-0.05, 0) is 170 Å². The van der Waals surface area contributed by atoms with Crippen LogP contribution in [-0.2, 0) is 45.8 Å². The number of hydrogen-bond donors (Lipinski definition) is 4. The second kappa shape index (κ2) is 39.6.